The highest BCUT2D eigenvalue weighted by atomic mass is 35.5. The van der Waals surface area contributed by atoms with Crippen LogP contribution in [-0.4, -0.2) is 18.3 Å². The molecule has 0 aromatic heterocycles. The van der Waals surface area contributed by atoms with E-state index in [-0.39, 0.29) is 12.5 Å². The van der Waals surface area contributed by atoms with Crippen molar-refractivity contribution in [1.29, 1.82) is 0 Å². The number of hydrogen-bond donors (Lipinski definition) is 1. The van der Waals surface area contributed by atoms with Gasteiger partial charge in [-0.3, -0.25) is 0 Å². The summed E-state index contributed by atoms with van der Waals surface area (Å²) in [4.78, 5) is 0. The molecule has 5 heteroatoms. The van der Waals surface area contributed by atoms with E-state index in [1.54, 1.807) is 12.1 Å². The van der Waals surface area contributed by atoms with Gasteiger partial charge in [-0.2, -0.15) is 0 Å². The Kier molecular flexibility index (Phi) is 4.77. The summed E-state index contributed by atoms with van der Waals surface area (Å²) < 4.78 is 11.4. The number of halogens is 2. The topological polar surface area (TPSA) is 38.7 Å². The maximum absolute atomic E-state index is 9.06. The van der Waals surface area contributed by atoms with Crippen molar-refractivity contribution in [3.05, 3.63) is 57.6 Å². The Morgan fingerprint density at radius 3 is 2.82 bits per heavy atom. The van der Waals surface area contributed by atoms with Crippen LogP contribution in [0.25, 0.3) is 0 Å². The molecule has 0 amide bonds. The van der Waals surface area contributed by atoms with Gasteiger partial charge in [0.2, 0.25) is 0 Å². The standard InChI is InChI=1S/C17H16Cl2O3/c18-13-2-1-12(16(19)7-13)10-21-14-3-4-15-11(5-6-20)9-22-17(15)8-14/h1-4,7-8,11,20H,5-6,9-10H2/t11-/m1/s1. The number of rotatable bonds is 5. The van der Waals surface area contributed by atoms with Crippen molar-refractivity contribution < 1.29 is 14.6 Å². The summed E-state index contributed by atoms with van der Waals surface area (Å²) in [5.41, 5.74) is 2.01. The van der Waals surface area contributed by atoms with Gasteiger partial charge < -0.3 is 14.6 Å². The van der Waals surface area contributed by atoms with Crippen LogP contribution in [-0.2, 0) is 6.61 Å². The number of hydrogen-bond acceptors (Lipinski definition) is 3. The number of aliphatic hydroxyl groups is 1. The van der Waals surface area contributed by atoms with Gasteiger partial charge >= 0.3 is 0 Å². The summed E-state index contributed by atoms with van der Waals surface area (Å²) in [6.07, 6.45) is 0.716. The lowest BCUT2D eigenvalue weighted by atomic mass is 9.98. The van der Waals surface area contributed by atoms with E-state index in [1.807, 2.05) is 24.3 Å². The van der Waals surface area contributed by atoms with Gasteiger partial charge in [-0.05, 0) is 24.6 Å². The number of benzene rings is 2. The maximum atomic E-state index is 9.06. The van der Waals surface area contributed by atoms with Crippen LogP contribution < -0.4 is 9.47 Å². The molecule has 1 aliphatic rings. The van der Waals surface area contributed by atoms with E-state index in [9.17, 15) is 0 Å². The molecule has 0 unspecified atom stereocenters. The Balaban J connectivity index is 1.69. The fourth-order valence-corrected chi connectivity index (χ4v) is 3.00. The van der Waals surface area contributed by atoms with Gasteiger partial charge in [0.25, 0.3) is 0 Å². The van der Waals surface area contributed by atoms with Gasteiger partial charge in [-0.15, -0.1) is 0 Å². The van der Waals surface area contributed by atoms with E-state index < -0.39 is 0 Å². The molecule has 1 heterocycles. The monoisotopic (exact) mass is 338 g/mol. The first kappa shape index (κ1) is 15.5. The maximum Gasteiger partial charge on any atom is 0.126 e. The lowest BCUT2D eigenvalue weighted by Gasteiger charge is -2.10. The molecule has 22 heavy (non-hydrogen) atoms. The van der Waals surface area contributed by atoms with Crippen LogP contribution in [0.4, 0.5) is 0 Å². The predicted molar refractivity (Wildman–Crippen MR) is 87.2 cm³/mol. The molecule has 3 nitrogen and oxygen atoms in total. The lowest BCUT2D eigenvalue weighted by molar-refractivity contribution is 0.254. The minimum Gasteiger partial charge on any atom is -0.493 e. The third kappa shape index (κ3) is 3.32. The Morgan fingerprint density at radius 2 is 2.05 bits per heavy atom. The van der Waals surface area contributed by atoms with E-state index in [2.05, 4.69) is 0 Å². The van der Waals surface area contributed by atoms with Crippen LogP contribution in [0, 0.1) is 0 Å². The second-order valence-corrected chi connectivity index (χ2v) is 6.09. The first-order valence-corrected chi connectivity index (χ1v) is 7.87. The molecule has 0 fully saturated rings. The summed E-state index contributed by atoms with van der Waals surface area (Å²) in [6.45, 7) is 1.15. The smallest absolute Gasteiger partial charge is 0.126 e. The Hall–Kier alpha value is -1.42. The number of aliphatic hydroxyl groups excluding tert-OH is 1. The van der Waals surface area contributed by atoms with Gasteiger partial charge in [0.05, 0.1) is 6.61 Å². The zero-order valence-electron chi connectivity index (χ0n) is 11.9. The normalized spacial score (nSPS) is 16.2. The molecule has 2 aromatic rings. The molecule has 0 aliphatic carbocycles. The van der Waals surface area contributed by atoms with Crippen molar-refractivity contribution in [2.24, 2.45) is 0 Å². The van der Waals surface area contributed by atoms with E-state index in [1.165, 1.54) is 0 Å². The number of fused-ring (bicyclic) bond motifs is 1. The average molecular weight is 339 g/mol. The van der Waals surface area contributed by atoms with Gasteiger partial charge in [0.15, 0.2) is 0 Å². The van der Waals surface area contributed by atoms with Crippen molar-refractivity contribution in [2.45, 2.75) is 18.9 Å². The van der Waals surface area contributed by atoms with Crippen LogP contribution in [0.3, 0.4) is 0 Å². The van der Waals surface area contributed by atoms with E-state index in [4.69, 9.17) is 37.8 Å². The Bertz CT molecular complexity index is 673. The van der Waals surface area contributed by atoms with Crippen molar-refractivity contribution in [3.63, 3.8) is 0 Å². The molecular weight excluding hydrogens is 323 g/mol. The van der Waals surface area contributed by atoms with E-state index in [0.717, 1.165) is 22.6 Å². The molecule has 116 valence electrons. The average Bonchev–Trinajstić information content (AvgIpc) is 2.89. The van der Waals surface area contributed by atoms with Crippen LogP contribution in [0.2, 0.25) is 10.0 Å². The second-order valence-electron chi connectivity index (χ2n) is 5.24. The molecule has 2 aromatic carbocycles. The Morgan fingerprint density at radius 1 is 1.18 bits per heavy atom. The molecule has 0 radical (unpaired) electrons. The Labute approximate surface area is 139 Å². The van der Waals surface area contributed by atoms with Crippen molar-refractivity contribution >= 4 is 23.2 Å². The first-order valence-electron chi connectivity index (χ1n) is 7.11. The zero-order valence-corrected chi connectivity index (χ0v) is 13.4. The van der Waals surface area contributed by atoms with Crippen molar-refractivity contribution in [2.75, 3.05) is 13.2 Å². The third-order valence-corrected chi connectivity index (χ3v) is 4.34. The first-order chi connectivity index (χ1) is 10.7. The zero-order chi connectivity index (χ0) is 15.5. The predicted octanol–water partition coefficient (Wildman–Crippen LogP) is 4.43. The van der Waals surface area contributed by atoms with Gasteiger partial charge in [0.1, 0.15) is 18.1 Å². The summed E-state index contributed by atoms with van der Waals surface area (Å²) in [5.74, 6) is 1.83. The van der Waals surface area contributed by atoms with E-state index >= 15 is 0 Å². The number of ether oxygens (including phenoxy) is 2. The fourth-order valence-electron chi connectivity index (χ4n) is 2.54. The van der Waals surface area contributed by atoms with Gasteiger partial charge in [0, 0.05) is 39.8 Å². The highest BCUT2D eigenvalue weighted by Crippen LogP contribution is 2.38. The molecule has 1 atom stereocenters. The van der Waals surface area contributed by atoms with Gasteiger partial charge in [-0.25, -0.2) is 0 Å². The summed E-state index contributed by atoms with van der Waals surface area (Å²) in [6, 6.07) is 11.1. The molecule has 0 saturated carbocycles. The van der Waals surface area contributed by atoms with Crippen LogP contribution in [0.1, 0.15) is 23.5 Å². The summed E-state index contributed by atoms with van der Waals surface area (Å²) in [5, 5.41) is 10.3. The second kappa shape index (κ2) is 6.78. The molecule has 1 N–H and O–H groups in total. The molecule has 0 saturated heterocycles. The highest BCUT2D eigenvalue weighted by molar-refractivity contribution is 6.35. The molecular formula is C17H16Cl2O3. The molecule has 1 aliphatic heterocycles. The van der Waals surface area contributed by atoms with Crippen LogP contribution in [0.5, 0.6) is 11.5 Å². The molecule has 3 rings (SSSR count). The van der Waals surface area contributed by atoms with Crippen LogP contribution >= 0.6 is 23.2 Å². The van der Waals surface area contributed by atoms with Crippen LogP contribution in [0.15, 0.2) is 36.4 Å². The highest BCUT2D eigenvalue weighted by Gasteiger charge is 2.24. The van der Waals surface area contributed by atoms with E-state index in [0.29, 0.717) is 29.7 Å². The molecule has 0 bridgehead atoms. The summed E-state index contributed by atoms with van der Waals surface area (Å²) >= 11 is 12.0. The van der Waals surface area contributed by atoms with Crippen molar-refractivity contribution in [1.82, 2.24) is 0 Å². The minimum atomic E-state index is 0.167. The largest absolute Gasteiger partial charge is 0.493 e. The lowest BCUT2D eigenvalue weighted by Crippen LogP contribution is -2.02. The third-order valence-electron chi connectivity index (χ3n) is 3.75. The van der Waals surface area contributed by atoms with Crippen molar-refractivity contribution in [3.8, 4) is 11.5 Å². The SMILES string of the molecule is OCC[C@@H]1COc2cc(OCc3ccc(Cl)cc3Cl)ccc21. The minimum absolute atomic E-state index is 0.167. The fraction of sp³-hybridized carbons (Fsp3) is 0.294. The molecule has 0 spiro atoms. The quantitative estimate of drug-likeness (QED) is 0.876. The van der Waals surface area contributed by atoms with Gasteiger partial charge in [-0.1, -0.05) is 35.3 Å². The summed E-state index contributed by atoms with van der Waals surface area (Å²) in [7, 11) is 0.